The fourth-order valence-electron chi connectivity index (χ4n) is 1.77. The van der Waals surface area contributed by atoms with Crippen LogP contribution in [0.15, 0.2) is 0 Å². The SMILES string of the molecule is CCC(CO)Nc1nc(Cl)nc(N2CCOCC2)n1. The number of hydrogen-bond donors (Lipinski definition) is 2. The monoisotopic (exact) mass is 287 g/mol. The average molecular weight is 288 g/mol. The molecular formula is C11H18ClN5O2. The predicted molar refractivity (Wildman–Crippen MR) is 72.7 cm³/mol. The van der Waals surface area contributed by atoms with E-state index < -0.39 is 0 Å². The fraction of sp³-hybridized carbons (Fsp3) is 0.727. The Labute approximate surface area is 117 Å². The summed E-state index contributed by atoms with van der Waals surface area (Å²) in [5.41, 5.74) is 0. The number of nitrogens with zero attached hydrogens (tertiary/aromatic N) is 4. The van der Waals surface area contributed by atoms with Crippen molar-refractivity contribution in [3.63, 3.8) is 0 Å². The molecular weight excluding hydrogens is 270 g/mol. The molecule has 7 nitrogen and oxygen atoms in total. The zero-order valence-electron chi connectivity index (χ0n) is 10.8. The molecule has 1 fully saturated rings. The van der Waals surface area contributed by atoms with Gasteiger partial charge in [-0.15, -0.1) is 0 Å². The Bertz CT molecular complexity index is 410. The maximum absolute atomic E-state index is 9.18. The van der Waals surface area contributed by atoms with Crippen LogP contribution in [0.3, 0.4) is 0 Å². The first kappa shape index (κ1) is 14.2. The van der Waals surface area contributed by atoms with Crippen LogP contribution in [0.4, 0.5) is 11.9 Å². The molecule has 1 unspecified atom stereocenters. The van der Waals surface area contributed by atoms with Gasteiger partial charge in [-0.3, -0.25) is 0 Å². The molecule has 1 aromatic rings. The smallest absolute Gasteiger partial charge is 0.231 e. The summed E-state index contributed by atoms with van der Waals surface area (Å²) in [5.74, 6) is 0.931. The third kappa shape index (κ3) is 3.89. The Kier molecular flexibility index (Phi) is 5.12. The van der Waals surface area contributed by atoms with Crippen LogP contribution in [0.1, 0.15) is 13.3 Å². The predicted octanol–water partition coefficient (Wildman–Crippen LogP) is 0.544. The minimum atomic E-state index is -0.0870. The normalized spacial score (nSPS) is 17.3. The molecule has 0 aliphatic carbocycles. The molecule has 2 heterocycles. The molecule has 1 aromatic heterocycles. The minimum absolute atomic E-state index is 0.0205. The van der Waals surface area contributed by atoms with Gasteiger partial charge in [-0.25, -0.2) is 0 Å². The van der Waals surface area contributed by atoms with E-state index in [1.807, 2.05) is 11.8 Å². The summed E-state index contributed by atoms with van der Waals surface area (Å²) < 4.78 is 5.29. The number of aliphatic hydroxyl groups is 1. The van der Waals surface area contributed by atoms with Crippen molar-refractivity contribution >= 4 is 23.5 Å². The molecule has 0 radical (unpaired) electrons. The highest BCUT2D eigenvalue weighted by Gasteiger charge is 2.17. The molecule has 1 aliphatic rings. The van der Waals surface area contributed by atoms with E-state index in [9.17, 15) is 5.11 Å². The van der Waals surface area contributed by atoms with Crippen LogP contribution >= 0.6 is 11.6 Å². The lowest BCUT2D eigenvalue weighted by molar-refractivity contribution is 0.122. The standard InChI is InChI=1S/C11H18ClN5O2/c1-2-8(7-18)13-10-14-9(12)15-11(16-10)17-3-5-19-6-4-17/h8,18H,2-7H2,1H3,(H,13,14,15,16). The number of aromatic nitrogens is 3. The molecule has 1 atom stereocenters. The van der Waals surface area contributed by atoms with E-state index in [1.165, 1.54) is 0 Å². The maximum atomic E-state index is 9.18. The highest BCUT2D eigenvalue weighted by atomic mass is 35.5. The van der Waals surface area contributed by atoms with Crippen molar-refractivity contribution in [3.05, 3.63) is 5.28 Å². The van der Waals surface area contributed by atoms with Gasteiger partial charge in [0, 0.05) is 13.1 Å². The van der Waals surface area contributed by atoms with Gasteiger partial charge in [0.25, 0.3) is 0 Å². The number of ether oxygens (including phenoxy) is 1. The van der Waals surface area contributed by atoms with Crippen molar-refractivity contribution in [2.24, 2.45) is 0 Å². The first-order valence-corrected chi connectivity index (χ1v) is 6.72. The quantitative estimate of drug-likeness (QED) is 0.818. The molecule has 2 N–H and O–H groups in total. The van der Waals surface area contributed by atoms with Crippen molar-refractivity contribution in [2.75, 3.05) is 43.1 Å². The van der Waals surface area contributed by atoms with Crippen LogP contribution in [0.25, 0.3) is 0 Å². The molecule has 106 valence electrons. The van der Waals surface area contributed by atoms with Gasteiger partial charge in [0.05, 0.1) is 25.9 Å². The number of halogens is 1. The second-order valence-electron chi connectivity index (χ2n) is 4.26. The highest BCUT2D eigenvalue weighted by Crippen LogP contribution is 2.15. The van der Waals surface area contributed by atoms with Crippen LogP contribution < -0.4 is 10.2 Å². The van der Waals surface area contributed by atoms with Crippen molar-refractivity contribution in [3.8, 4) is 0 Å². The van der Waals surface area contributed by atoms with Gasteiger partial charge in [0.2, 0.25) is 17.2 Å². The summed E-state index contributed by atoms with van der Waals surface area (Å²) in [6.07, 6.45) is 0.771. The van der Waals surface area contributed by atoms with Gasteiger partial charge < -0.3 is 20.1 Å². The lowest BCUT2D eigenvalue weighted by atomic mass is 10.2. The van der Waals surface area contributed by atoms with Crippen molar-refractivity contribution < 1.29 is 9.84 Å². The number of morpholine rings is 1. The summed E-state index contributed by atoms with van der Waals surface area (Å²) in [5, 5.41) is 12.4. The molecule has 1 aliphatic heterocycles. The van der Waals surface area contributed by atoms with Crippen molar-refractivity contribution in [1.29, 1.82) is 0 Å². The van der Waals surface area contributed by atoms with Crippen LogP contribution in [-0.4, -0.2) is 59.0 Å². The molecule has 1 saturated heterocycles. The number of hydrogen-bond acceptors (Lipinski definition) is 7. The summed E-state index contributed by atoms with van der Waals surface area (Å²) in [6, 6.07) is -0.0870. The van der Waals surface area contributed by atoms with E-state index in [0.717, 1.165) is 19.5 Å². The second kappa shape index (κ2) is 6.83. The first-order valence-electron chi connectivity index (χ1n) is 6.34. The fourth-order valence-corrected chi connectivity index (χ4v) is 1.92. The van der Waals surface area contributed by atoms with E-state index in [4.69, 9.17) is 16.3 Å². The van der Waals surface area contributed by atoms with Crippen molar-refractivity contribution in [2.45, 2.75) is 19.4 Å². The topological polar surface area (TPSA) is 83.4 Å². The third-order valence-electron chi connectivity index (χ3n) is 2.94. The Morgan fingerprint density at radius 2 is 2.11 bits per heavy atom. The number of aliphatic hydroxyl groups excluding tert-OH is 1. The van der Waals surface area contributed by atoms with Crippen molar-refractivity contribution in [1.82, 2.24) is 15.0 Å². The van der Waals surface area contributed by atoms with Crippen LogP contribution in [0.2, 0.25) is 5.28 Å². The van der Waals surface area contributed by atoms with Gasteiger partial charge in [-0.1, -0.05) is 6.92 Å². The largest absolute Gasteiger partial charge is 0.394 e. The zero-order chi connectivity index (χ0) is 13.7. The molecule has 2 rings (SSSR count). The van der Waals surface area contributed by atoms with Crippen LogP contribution in [0.5, 0.6) is 0 Å². The summed E-state index contributed by atoms with van der Waals surface area (Å²) in [6.45, 7) is 4.76. The Hall–Kier alpha value is -1.18. The van der Waals surface area contributed by atoms with Crippen LogP contribution in [0, 0.1) is 0 Å². The lowest BCUT2D eigenvalue weighted by Crippen LogP contribution is -2.37. The van der Waals surface area contributed by atoms with Gasteiger partial charge in [0.1, 0.15) is 0 Å². The van der Waals surface area contributed by atoms with E-state index in [2.05, 4.69) is 20.3 Å². The van der Waals surface area contributed by atoms with E-state index in [0.29, 0.717) is 25.1 Å². The molecule has 8 heteroatoms. The van der Waals surface area contributed by atoms with E-state index >= 15 is 0 Å². The highest BCUT2D eigenvalue weighted by molar-refractivity contribution is 6.28. The lowest BCUT2D eigenvalue weighted by Gasteiger charge is -2.27. The second-order valence-corrected chi connectivity index (χ2v) is 4.60. The van der Waals surface area contributed by atoms with E-state index in [1.54, 1.807) is 0 Å². The summed E-state index contributed by atoms with van der Waals surface area (Å²) in [7, 11) is 0. The summed E-state index contributed by atoms with van der Waals surface area (Å²) in [4.78, 5) is 14.5. The summed E-state index contributed by atoms with van der Waals surface area (Å²) >= 11 is 5.92. The van der Waals surface area contributed by atoms with Gasteiger partial charge in [0.15, 0.2) is 0 Å². The Morgan fingerprint density at radius 1 is 1.37 bits per heavy atom. The first-order chi connectivity index (χ1) is 9.22. The van der Waals surface area contributed by atoms with Gasteiger partial charge in [-0.05, 0) is 18.0 Å². The number of rotatable bonds is 5. The maximum Gasteiger partial charge on any atom is 0.231 e. The van der Waals surface area contributed by atoms with Crippen LogP contribution in [-0.2, 0) is 4.74 Å². The molecule has 0 amide bonds. The van der Waals surface area contributed by atoms with Gasteiger partial charge >= 0.3 is 0 Å². The Balaban J connectivity index is 2.13. The number of nitrogens with one attached hydrogen (secondary N) is 1. The van der Waals surface area contributed by atoms with E-state index in [-0.39, 0.29) is 17.9 Å². The van der Waals surface area contributed by atoms with Gasteiger partial charge in [-0.2, -0.15) is 15.0 Å². The molecule has 0 spiro atoms. The average Bonchev–Trinajstić information content (AvgIpc) is 2.45. The molecule has 19 heavy (non-hydrogen) atoms. The molecule has 0 bridgehead atoms. The Morgan fingerprint density at radius 3 is 2.74 bits per heavy atom. The minimum Gasteiger partial charge on any atom is -0.394 e. The molecule has 0 aromatic carbocycles. The number of anilines is 2. The molecule has 0 saturated carbocycles. The third-order valence-corrected chi connectivity index (χ3v) is 3.11. The zero-order valence-corrected chi connectivity index (χ0v) is 11.6.